The SMILES string of the molecule is CC(C)O[C@@H]1OC(C(=O)OCc2ccc(O)cc2)[C@@H](OCCO[C@@H]2OC(C(=O)OCC3OCCO3)[C@@H](OC(C)C)[C@H](O)[C@@H]2O)[C@H](O)[C@@H]1O. The molecule has 3 saturated heterocycles. The molecule has 2 unspecified atom stereocenters. The summed E-state index contributed by atoms with van der Waals surface area (Å²) >= 11 is 0. The minimum Gasteiger partial charge on any atom is -0.508 e. The van der Waals surface area contributed by atoms with Gasteiger partial charge in [0.1, 0.15) is 55.6 Å². The molecule has 3 aliphatic rings. The normalized spacial score (nSPS) is 32.9. The maximum Gasteiger partial charge on any atom is 0.338 e. The zero-order valence-corrected chi connectivity index (χ0v) is 27.2. The number of esters is 2. The summed E-state index contributed by atoms with van der Waals surface area (Å²) in [7, 11) is 0. The quantitative estimate of drug-likeness (QED) is 0.108. The highest BCUT2D eigenvalue weighted by Gasteiger charge is 2.51. The van der Waals surface area contributed by atoms with Crippen molar-refractivity contribution in [2.45, 2.75) is 114 Å². The van der Waals surface area contributed by atoms with Gasteiger partial charge in [-0.1, -0.05) is 12.1 Å². The van der Waals surface area contributed by atoms with Gasteiger partial charge in [0.15, 0.2) is 31.1 Å². The first-order valence-corrected chi connectivity index (χ1v) is 15.8. The molecule has 48 heavy (non-hydrogen) atoms. The minimum atomic E-state index is -1.66. The summed E-state index contributed by atoms with van der Waals surface area (Å²) in [6.45, 7) is 6.32. The zero-order chi connectivity index (χ0) is 35.0. The van der Waals surface area contributed by atoms with Gasteiger partial charge in [0.25, 0.3) is 0 Å². The van der Waals surface area contributed by atoms with Gasteiger partial charge in [0.05, 0.1) is 38.6 Å². The number of ether oxygens (including phenoxy) is 10. The van der Waals surface area contributed by atoms with Crippen LogP contribution in [0, 0.1) is 0 Å². The summed E-state index contributed by atoms with van der Waals surface area (Å²) in [4.78, 5) is 26.1. The van der Waals surface area contributed by atoms with Crippen molar-refractivity contribution in [3.8, 4) is 5.75 Å². The van der Waals surface area contributed by atoms with Crippen molar-refractivity contribution in [3.05, 3.63) is 29.8 Å². The summed E-state index contributed by atoms with van der Waals surface area (Å²) < 4.78 is 55.1. The van der Waals surface area contributed by atoms with E-state index in [2.05, 4.69) is 0 Å². The van der Waals surface area contributed by atoms with E-state index in [-0.39, 0.29) is 32.2 Å². The summed E-state index contributed by atoms with van der Waals surface area (Å²) in [5, 5.41) is 52.6. The van der Waals surface area contributed by atoms with Gasteiger partial charge in [-0.05, 0) is 45.4 Å². The van der Waals surface area contributed by atoms with Crippen LogP contribution in [0.2, 0.25) is 0 Å². The first kappa shape index (κ1) is 38.3. The molecule has 1 aromatic carbocycles. The Morgan fingerprint density at radius 2 is 1.27 bits per heavy atom. The molecule has 0 amide bonds. The number of aliphatic hydroxyl groups excluding tert-OH is 4. The Labute approximate surface area is 277 Å². The Morgan fingerprint density at radius 3 is 1.92 bits per heavy atom. The lowest BCUT2D eigenvalue weighted by molar-refractivity contribution is -0.317. The molecule has 0 aliphatic carbocycles. The van der Waals surface area contributed by atoms with Crippen molar-refractivity contribution >= 4 is 11.9 Å². The fourth-order valence-corrected chi connectivity index (χ4v) is 5.14. The zero-order valence-electron chi connectivity index (χ0n) is 27.2. The van der Waals surface area contributed by atoms with Crippen LogP contribution in [0.1, 0.15) is 33.3 Å². The van der Waals surface area contributed by atoms with Gasteiger partial charge in [0.2, 0.25) is 0 Å². The largest absolute Gasteiger partial charge is 0.508 e. The first-order valence-electron chi connectivity index (χ1n) is 15.8. The summed E-state index contributed by atoms with van der Waals surface area (Å²) in [6, 6.07) is 5.96. The second-order valence-corrected chi connectivity index (χ2v) is 11.9. The van der Waals surface area contributed by atoms with Crippen molar-refractivity contribution < 1.29 is 82.5 Å². The lowest BCUT2D eigenvalue weighted by atomic mass is 9.98. The molecule has 0 saturated carbocycles. The lowest BCUT2D eigenvalue weighted by Gasteiger charge is -2.42. The van der Waals surface area contributed by atoms with E-state index in [1.807, 2.05) is 0 Å². The number of rotatable bonds is 15. The molecule has 3 aliphatic heterocycles. The number of carbonyl (C=O) groups is 2. The van der Waals surface area contributed by atoms with E-state index < -0.39 is 91.8 Å². The van der Waals surface area contributed by atoms with Crippen LogP contribution in [0.25, 0.3) is 0 Å². The second kappa shape index (κ2) is 17.9. The van der Waals surface area contributed by atoms with Gasteiger partial charge in [-0.15, -0.1) is 0 Å². The summed E-state index contributed by atoms with van der Waals surface area (Å²) in [5.74, 6) is -1.79. The van der Waals surface area contributed by atoms with E-state index in [4.69, 9.17) is 47.4 Å². The van der Waals surface area contributed by atoms with Crippen molar-refractivity contribution in [3.63, 3.8) is 0 Å². The molecule has 0 aromatic heterocycles. The lowest BCUT2D eigenvalue weighted by Crippen LogP contribution is -2.62. The van der Waals surface area contributed by atoms with Crippen LogP contribution in [0.4, 0.5) is 0 Å². The third-order valence-electron chi connectivity index (χ3n) is 7.43. The molecule has 4 rings (SSSR count). The number of hydrogen-bond donors (Lipinski definition) is 5. The van der Waals surface area contributed by atoms with Crippen LogP contribution in [0.5, 0.6) is 5.75 Å². The van der Waals surface area contributed by atoms with E-state index in [0.717, 1.165) is 0 Å². The Morgan fingerprint density at radius 1 is 0.729 bits per heavy atom. The van der Waals surface area contributed by atoms with Crippen molar-refractivity contribution in [1.82, 2.24) is 0 Å². The molecular formula is C31H46O17. The van der Waals surface area contributed by atoms with Crippen LogP contribution < -0.4 is 0 Å². The molecule has 17 nitrogen and oxygen atoms in total. The number of phenols is 1. The van der Waals surface area contributed by atoms with Gasteiger partial charge in [0, 0.05) is 0 Å². The van der Waals surface area contributed by atoms with Gasteiger partial charge >= 0.3 is 11.9 Å². The third kappa shape index (κ3) is 10.3. The van der Waals surface area contributed by atoms with Crippen molar-refractivity contribution in [2.75, 3.05) is 33.0 Å². The monoisotopic (exact) mass is 690 g/mol. The Balaban J connectivity index is 1.37. The predicted octanol–water partition coefficient (Wildman–Crippen LogP) is -1.13. The third-order valence-corrected chi connectivity index (χ3v) is 7.43. The number of benzene rings is 1. The average Bonchev–Trinajstić information content (AvgIpc) is 3.57. The molecule has 3 fully saturated rings. The van der Waals surface area contributed by atoms with Gasteiger partial charge in [-0.25, -0.2) is 9.59 Å². The molecule has 0 bridgehead atoms. The maximum absolute atomic E-state index is 13.1. The van der Waals surface area contributed by atoms with Crippen LogP contribution in [0.3, 0.4) is 0 Å². The van der Waals surface area contributed by atoms with Crippen LogP contribution in [-0.2, 0) is 63.6 Å². The molecular weight excluding hydrogens is 644 g/mol. The Hall–Kier alpha value is -2.52. The highest BCUT2D eigenvalue weighted by atomic mass is 16.7. The molecule has 0 radical (unpaired) electrons. The smallest absolute Gasteiger partial charge is 0.338 e. The summed E-state index contributed by atoms with van der Waals surface area (Å²) in [6.07, 6.45) is -16.8. The summed E-state index contributed by atoms with van der Waals surface area (Å²) in [5.41, 5.74) is 0.565. The molecule has 10 atom stereocenters. The van der Waals surface area contributed by atoms with Gasteiger partial charge in [-0.3, -0.25) is 0 Å². The van der Waals surface area contributed by atoms with Crippen molar-refractivity contribution in [2.24, 2.45) is 0 Å². The van der Waals surface area contributed by atoms with Crippen LogP contribution in [-0.4, -0.2) is 150 Å². The standard InChI is InChI=1S/C31H46O17/c1-15(2)45-25-21(34)22(35)30(47-27(25)29(38)44-14-19-39-9-10-40-19)42-12-11-41-24-20(33)23(36)31(46-16(3)4)48-26(24)28(37)43-13-17-5-7-18(32)8-6-17/h5-8,15-16,19-27,30-36H,9-14H2,1-4H3/t20-,21-,22+,23+,24+,25+,26?,27?,30-,31-/m1/s1. The highest BCUT2D eigenvalue weighted by molar-refractivity contribution is 5.76. The van der Waals surface area contributed by atoms with E-state index in [9.17, 15) is 35.1 Å². The number of aromatic hydroxyl groups is 1. The van der Waals surface area contributed by atoms with Gasteiger partial charge < -0.3 is 72.9 Å². The molecule has 17 heteroatoms. The van der Waals surface area contributed by atoms with Crippen LogP contribution in [0.15, 0.2) is 24.3 Å². The molecule has 1 aromatic rings. The molecule has 3 heterocycles. The van der Waals surface area contributed by atoms with Crippen LogP contribution >= 0.6 is 0 Å². The van der Waals surface area contributed by atoms with E-state index in [0.29, 0.717) is 18.8 Å². The second-order valence-electron chi connectivity index (χ2n) is 11.9. The van der Waals surface area contributed by atoms with E-state index in [1.54, 1.807) is 39.8 Å². The first-order chi connectivity index (χ1) is 22.8. The molecule has 0 spiro atoms. The Bertz CT molecular complexity index is 1140. The minimum absolute atomic E-state index is 0.0338. The van der Waals surface area contributed by atoms with E-state index in [1.165, 1.54) is 12.1 Å². The van der Waals surface area contributed by atoms with Gasteiger partial charge in [-0.2, -0.15) is 0 Å². The number of phenolic OH excluding ortho intramolecular Hbond substituents is 1. The molecule has 272 valence electrons. The van der Waals surface area contributed by atoms with E-state index >= 15 is 0 Å². The average molecular weight is 691 g/mol. The highest BCUT2D eigenvalue weighted by Crippen LogP contribution is 2.29. The van der Waals surface area contributed by atoms with Crippen molar-refractivity contribution in [1.29, 1.82) is 0 Å². The number of aliphatic hydroxyl groups is 4. The maximum atomic E-state index is 13.1. The molecule has 5 N–H and O–H groups in total. The fraction of sp³-hybridized carbons (Fsp3) is 0.742. The predicted molar refractivity (Wildman–Crippen MR) is 158 cm³/mol. The Kier molecular flexibility index (Phi) is 14.3. The number of hydrogen-bond acceptors (Lipinski definition) is 17. The topological polar surface area (TPSA) is 228 Å². The fourth-order valence-electron chi connectivity index (χ4n) is 5.14. The number of carbonyl (C=O) groups excluding carboxylic acids is 2.